The number of carbonyl (C=O) groups is 1. The molecule has 2 N–H and O–H groups in total. The molecule has 0 aliphatic rings. The molecular formula is C20H17FN2O4S. The van der Waals surface area contributed by atoms with Gasteiger partial charge in [0.1, 0.15) is 11.6 Å². The minimum absolute atomic E-state index is 0.0572. The van der Waals surface area contributed by atoms with Crippen LogP contribution in [-0.2, 0) is 10.0 Å². The number of hydrogen-bond acceptors (Lipinski definition) is 4. The van der Waals surface area contributed by atoms with E-state index in [1.165, 1.54) is 49.6 Å². The second kappa shape index (κ2) is 8.10. The molecule has 0 spiro atoms. The fourth-order valence-electron chi connectivity index (χ4n) is 2.41. The molecule has 0 saturated heterocycles. The molecule has 6 nitrogen and oxygen atoms in total. The van der Waals surface area contributed by atoms with Gasteiger partial charge < -0.3 is 10.1 Å². The van der Waals surface area contributed by atoms with Crippen LogP contribution in [-0.4, -0.2) is 21.4 Å². The molecule has 0 aromatic heterocycles. The number of hydrogen-bond donors (Lipinski definition) is 2. The Morgan fingerprint density at radius 3 is 2.18 bits per heavy atom. The van der Waals surface area contributed by atoms with Gasteiger partial charge in [0.25, 0.3) is 15.9 Å². The SMILES string of the molecule is COc1ccc(C(=O)Nc2ccc(S(=O)(=O)Nc3ccccc3F)cc2)cc1. The number of methoxy groups -OCH3 is 1. The molecule has 3 rings (SSSR count). The van der Waals surface area contributed by atoms with Crippen LogP contribution in [0.3, 0.4) is 0 Å². The smallest absolute Gasteiger partial charge is 0.261 e. The van der Waals surface area contributed by atoms with Crippen LogP contribution in [0.15, 0.2) is 77.7 Å². The number of benzene rings is 3. The lowest BCUT2D eigenvalue weighted by molar-refractivity contribution is 0.102. The molecule has 0 aliphatic heterocycles. The van der Waals surface area contributed by atoms with Crippen molar-refractivity contribution in [3.05, 3.63) is 84.2 Å². The number of nitrogens with one attached hydrogen (secondary N) is 2. The van der Waals surface area contributed by atoms with Gasteiger partial charge in [-0.1, -0.05) is 12.1 Å². The van der Waals surface area contributed by atoms with Gasteiger partial charge in [-0.3, -0.25) is 9.52 Å². The van der Waals surface area contributed by atoms with Gasteiger partial charge in [-0.05, 0) is 60.7 Å². The summed E-state index contributed by atoms with van der Waals surface area (Å²) in [7, 11) is -2.42. The molecule has 28 heavy (non-hydrogen) atoms. The molecule has 8 heteroatoms. The number of rotatable bonds is 6. The van der Waals surface area contributed by atoms with Gasteiger partial charge in [-0.2, -0.15) is 0 Å². The highest BCUT2D eigenvalue weighted by molar-refractivity contribution is 7.92. The van der Waals surface area contributed by atoms with Crippen LogP contribution in [0, 0.1) is 5.82 Å². The minimum atomic E-state index is -3.96. The summed E-state index contributed by atoms with van der Waals surface area (Å²) in [6, 6.07) is 17.6. The predicted octanol–water partition coefficient (Wildman–Crippen LogP) is 3.89. The average molecular weight is 400 g/mol. The lowest BCUT2D eigenvalue weighted by atomic mass is 10.2. The van der Waals surface area contributed by atoms with E-state index in [9.17, 15) is 17.6 Å². The molecule has 3 aromatic carbocycles. The number of para-hydroxylation sites is 1. The summed E-state index contributed by atoms with van der Waals surface area (Å²) in [6.07, 6.45) is 0. The highest BCUT2D eigenvalue weighted by Crippen LogP contribution is 2.21. The van der Waals surface area contributed by atoms with Gasteiger partial charge in [-0.25, -0.2) is 12.8 Å². The van der Waals surface area contributed by atoms with Crippen LogP contribution in [0.4, 0.5) is 15.8 Å². The molecular weight excluding hydrogens is 383 g/mol. The maximum atomic E-state index is 13.7. The van der Waals surface area contributed by atoms with Crippen LogP contribution in [0.2, 0.25) is 0 Å². The van der Waals surface area contributed by atoms with Crippen molar-refractivity contribution in [2.45, 2.75) is 4.90 Å². The van der Waals surface area contributed by atoms with E-state index < -0.39 is 15.8 Å². The Hall–Kier alpha value is -3.39. The summed E-state index contributed by atoms with van der Waals surface area (Å²) in [5.41, 5.74) is 0.712. The molecule has 0 atom stereocenters. The number of amides is 1. The van der Waals surface area contributed by atoms with Crippen LogP contribution in [0.1, 0.15) is 10.4 Å². The van der Waals surface area contributed by atoms with E-state index in [2.05, 4.69) is 10.0 Å². The fourth-order valence-corrected chi connectivity index (χ4v) is 3.48. The Balaban J connectivity index is 1.71. The molecule has 3 aromatic rings. The zero-order chi connectivity index (χ0) is 20.1. The number of halogens is 1. The highest BCUT2D eigenvalue weighted by atomic mass is 32.2. The van der Waals surface area contributed by atoms with E-state index >= 15 is 0 Å². The van der Waals surface area contributed by atoms with Crippen LogP contribution in [0.5, 0.6) is 5.75 Å². The molecule has 0 radical (unpaired) electrons. The normalized spacial score (nSPS) is 10.9. The van der Waals surface area contributed by atoms with Crippen molar-refractivity contribution in [3.63, 3.8) is 0 Å². The first-order valence-corrected chi connectivity index (χ1v) is 9.70. The first-order chi connectivity index (χ1) is 13.4. The van der Waals surface area contributed by atoms with Crippen molar-refractivity contribution in [3.8, 4) is 5.75 Å². The predicted molar refractivity (Wildman–Crippen MR) is 105 cm³/mol. The lowest BCUT2D eigenvalue weighted by Gasteiger charge is -2.10. The Morgan fingerprint density at radius 2 is 1.57 bits per heavy atom. The van der Waals surface area contributed by atoms with Crippen molar-refractivity contribution in [1.29, 1.82) is 0 Å². The summed E-state index contributed by atoms with van der Waals surface area (Å²) in [6.45, 7) is 0. The Kier molecular flexibility index (Phi) is 5.60. The van der Waals surface area contributed by atoms with E-state index in [1.54, 1.807) is 24.3 Å². The van der Waals surface area contributed by atoms with E-state index in [4.69, 9.17) is 4.74 Å². The molecule has 0 saturated carbocycles. The summed E-state index contributed by atoms with van der Waals surface area (Å²) >= 11 is 0. The number of ether oxygens (including phenoxy) is 1. The van der Waals surface area contributed by atoms with Gasteiger partial charge in [0.05, 0.1) is 17.7 Å². The monoisotopic (exact) mass is 400 g/mol. The zero-order valence-electron chi connectivity index (χ0n) is 14.8. The topological polar surface area (TPSA) is 84.5 Å². The van der Waals surface area contributed by atoms with Crippen molar-refractivity contribution in [1.82, 2.24) is 0 Å². The van der Waals surface area contributed by atoms with Gasteiger partial charge >= 0.3 is 0 Å². The summed E-state index contributed by atoms with van der Waals surface area (Å²) < 4.78 is 45.7. The first-order valence-electron chi connectivity index (χ1n) is 8.22. The van der Waals surface area contributed by atoms with Crippen LogP contribution in [0.25, 0.3) is 0 Å². The molecule has 0 fully saturated rings. The van der Waals surface area contributed by atoms with E-state index in [0.717, 1.165) is 6.07 Å². The molecule has 0 bridgehead atoms. The Bertz CT molecular complexity index is 1080. The second-order valence-corrected chi connectivity index (χ2v) is 7.47. The minimum Gasteiger partial charge on any atom is -0.497 e. The maximum absolute atomic E-state index is 13.7. The van der Waals surface area contributed by atoms with Crippen LogP contribution >= 0.6 is 0 Å². The summed E-state index contributed by atoms with van der Waals surface area (Å²) in [5, 5.41) is 2.68. The van der Waals surface area contributed by atoms with Gasteiger partial charge in [0.15, 0.2) is 0 Å². The molecule has 0 aliphatic carbocycles. The number of sulfonamides is 1. The van der Waals surface area contributed by atoms with Crippen molar-refractivity contribution in [2.75, 3.05) is 17.1 Å². The van der Waals surface area contributed by atoms with Crippen molar-refractivity contribution in [2.24, 2.45) is 0 Å². The summed E-state index contributed by atoms with van der Waals surface area (Å²) in [5.74, 6) is -0.384. The van der Waals surface area contributed by atoms with Gasteiger partial charge in [0.2, 0.25) is 0 Å². The van der Waals surface area contributed by atoms with Crippen molar-refractivity contribution < 1.29 is 22.3 Å². The number of anilines is 2. The standard InChI is InChI=1S/C20H17FN2O4S/c1-27-16-10-6-14(7-11-16)20(24)22-15-8-12-17(13-9-15)28(25,26)23-19-5-3-2-4-18(19)21/h2-13,23H,1H3,(H,22,24). The van der Waals surface area contributed by atoms with Gasteiger partial charge in [0, 0.05) is 11.3 Å². The molecule has 144 valence electrons. The highest BCUT2D eigenvalue weighted by Gasteiger charge is 2.16. The second-order valence-electron chi connectivity index (χ2n) is 5.79. The van der Waals surface area contributed by atoms with E-state index in [0.29, 0.717) is 17.0 Å². The first kappa shape index (κ1) is 19.4. The number of carbonyl (C=O) groups excluding carboxylic acids is 1. The largest absolute Gasteiger partial charge is 0.497 e. The van der Waals surface area contributed by atoms with E-state index in [-0.39, 0.29) is 16.5 Å². The third-order valence-electron chi connectivity index (χ3n) is 3.89. The third-order valence-corrected chi connectivity index (χ3v) is 5.27. The Labute approximate surface area is 162 Å². The quantitative estimate of drug-likeness (QED) is 0.658. The molecule has 1 amide bonds. The maximum Gasteiger partial charge on any atom is 0.261 e. The Morgan fingerprint density at radius 1 is 0.929 bits per heavy atom. The van der Waals surface area contributed by atoms with Crippen LogP contribution < -0.4 is 14.8 Å². The molecule has 0 heterocycles. The lowest BCUT2D eigenvalue weighted by Crippen LogP contribution is -2.15. The van der Waals surface area contributed by atoms with Gasteiger partial charge in [-0.15, -0.1) is 0 Å². The van der Waals surface area contributed by atoms with Crippen molar-refractivity contribution >= 4 is 27.3 Å². The molecule has 0 unspecified atom stereocenters. The zero-order valence-corrected chi connectivity index (χ0v) is 15.7. The fraction of sp³-hybridized carbons (Fsp3) is 0.0500. The summed E-state index contributed by atoms with van der Waals surface area (Å²) in [4.78, 5) is 12.2. The third kappa shape index (κ3) is 4.47. The average Bonchev–Trinajstić information content (AvgIpc) is 2.70. The van der Waals surface area contributed by atoms with E-state index in [1.807, 2.05) is 0 Å².